The molecule has 34 heavy (non-hydrogen) atoms. The van der Waals surface area contributed by atoms with Gasteiger partial charge in [0.2, 0.25) is 0 Å². The second-order valence-electron chi connectivity index (χ2n) is 8.10. The van der Waals surface area contributed by atoms with Crippen LogP contribution in [0.2, 0.25) is 0 Å². The number of amides is 2. The molecule has 1 unspecified atom stereocenters. The summed E-state index contributed by atoms with van der Waals surface area (Å²) in [5.41, 5.74) is 1.67. The number of halogens is 3. The first-order chi connectivity index (χ1) is 16.0. The lowest BCUT2D eigenvalue weighted by molar-refractivity contribution is -0.141. The summed E-state index contributed by atoms with van der Waals surface area (Å²) in [6.07, 6.45) is -4.68. The number of hydrogen-bond acceptors (Lipinski definition) is 4. The van der Waals surface area contributed by atoms with Crippen LogP contribution in [0.5, 0.6) is 5.75 Å². The molecule has 3 rings (SSSR count). The number of esters is 1. The molecule has 6 nitrogen and oxygen atoms in total. The number of rotatable bonds is 6. The highest BCUT2D eigenvalue weighted by molar-refractivity contribution is 5.95. The summed E-state index contributed by atoms with van der Waals surface area (Å²) in [6, 6.07) is 6.63. The molecule has 0 bridgehead atoms. The highest BCUT2D eigenvalue weighted by atomic mass is 19.4. The fraction of sp³-hybridized carbons (Fsp3) is 0.360. The summed E-state index contributed by atoms with van der Waals surface area (Å²) >= 11 is 0. The van der Waals surface area contributed by atoms with Crippen molar-refractivity contribution in [2.24, 2.45) is 0 Å². The molecule has 2 amide bonds. The van der Waals surface area contributed by atoms with Crippen LogP contribution in [0.15, 0.2) is 47.7 Å². The molecule has 1 aliphatic heterocycles. The van der Waals surface area contributed by atoms with Gasteiger partial charge in [0.25, 0.3) is 0 Å². The van der Waals surface area contributed by atoms with E-state index in [0.29, 0.717) is 5.75 Å². The first-order valence-electron chi connectivity index (χ1n) is 10.8. The van der Waals surface area contributed by atoms with Crippen molar-refractivity contribution in [3.8, 4) is 5.75 Å². The molecule has 0 saturated carbocycles. The Hall–Kier alpha value is -3.49. The summed E-state index contributed by atoms with van der Waals surface area (Å²) in [5, 5.41) is 2.51. The Bertz CT molecular complexity index is 1140. The third-order valence-corrected chi connectivity index (χ3v) is 5.78. The first-order valence-corrected chi connectivity index (χ1v) is 10.8. The van der Waals surface area contributed by atoms with Crippen LogP contribution in [0.3, 0.4) is 0 Å². The molecule has 1 heterocycles. The highest BCUT2D eigenvalue weighted by Gasteiger charge is 2.42. The van der Waals surface area contributed by atoms with Crippen molar-refractivity contribution in [3.63, 3.8) is 0 Å². The van der Waals surface area contributed by atoms with Gasteiger partial charge in [-0.2, -0.15) is 13.2 Å². The topological polar surface area (TPSA) is 67.9 Å². The zero-order valence-corrected chi connectivity index (χ0v) is 19.7. The predicted octanol–water partition coefficient (Wildman–Crippen LogP) is 5.22. The Kier molecular flexibility index (Phi) is 7.24. The van der Waals surface area contributed by atoms with Gasteiger partial charge < -0.3 is 14.8 Å². The van der Waals surface area contributed by atoms with Crippen molar-refractivity contribution in [1.82, 2.24) is 10.2 Å². The van der Waals surface area contributed by atoms with Gasteiger partial charge in [-0.15, -0.1) is 0 Å². The number of carbonyl (C=O) groups excluding carboxylic acids is 2. The number of benzene rings is 2. The van der Waals surface area contributed by atoms with Crippen molar-refractivity contribution in [2.75, 3.05) is 20.3 Å². The van der Waals surface area contributed by atoms with Crippen LogP contribution in [0.4, 0.5) is 18.0 Å². The molecular formula is C25H27F3N2O4. The lowest BCUT2D eigenvalue weighted by atomic mass is 9.91. The van der Waals surface area contributed by atoms with Gasteiger partial charge in [0.15, 0.2) is 0 Å². The molecular weight excluding hydrogens is 449 g/mol. The summed E-state index contributed by atoms with van der Waals surface area (Å²) in [4.78, 5) is 26.9. The Morgan fingerprint density at radius 3 is 2.47 bits per heavy atom. The van der Waals surface area contributed by atoms with Gasteiger partial charge in [-0.25, -0.2) is 9.59 Å². The van der Waals surface area contributed by atoms with E-state index in [1.165, 1.54) is 25.2 Å². The molecule has 182 valence electrons. The maximum atomic E-state index is 13.8. The fourth-order valence-corrected chi connectivity index (χ4v) is 3.92. The maximum Gasteiger partial charge on any atom is 0.416 e. The van der Waals surface area contributed by atoms with Gasteiger partial charge >= 0.3 is 18.2 Å². The van der Waals surface area contributed by atoms with E-state index in [-0.39, 0.29) is 30.0 Å². The van der Waals surface area contributed by atoms with Gasteiger partial charge in [-0.05, 0) is 62.1 Å². The Morgan fingerprint density at radius 2 is 1.82 bits per heavy atom. The molecule has 0 aromatic heterocycles. The lowest BCUT2D eigenvalue weighted by Crippen LogP contribution is -2.48. The standard InChI is InChI=1S/C25H27F3N2O4/c1-6-33-23(31)21-19(13-34-20-12-14(2)11-15(3)16(20)4)30(5)24(32)29-22(21)17-9-7-8-10-18(17)25(26,27)28/h7-12,22H,6,13H2,1-5H3,(H,29,32). The van der Waals surface area contributed by atoms with Crippen LogP contribution in [0, 0.1) is 20.8 Å². The van der Waals surface area contributed by atoms with Gasteiger partial charge in [-0.3, -0.25) is 4.90 Å². The Labute approximate surface area is 196 Å². The van der Waals surface area contributed by atoms with E-state index >= 15 is 0 Å². The van der Waals surface area contributed by atoms with Gasteiger partial charge in [0.05, 0.1) is 29.5 Å². The molecule has 0 saturated heterocycles. The molecule has 0 radical (unpaired) electrons. The minimum atomic E-state index is -4.68. The number of alkyl halides is 3. The van der Waals surface area contributed by atoms with E-state index in [2.05, 4.69) is 5.32 Å². The molecule has 1 N–H and O–H groups in total. The van der Waals surface area contributed by atoms with E-state index in [1.807, 2.05) is 32.9 Å². The maximum absolute atomic E-state index is 13.8. The average molecular weight is 476 g/mol. The van der Waals surface area contributed by atoms with Gasteiger partial charge in [0.1, 0.15) is 12.4 Å². The summed E-state index contributed by atoms with van der Waals surface area (Å²) in [6.45, 7) is 7.11. The molecule has 1 aliphatic rings. The summed E-state index contributed by atoms with van der Waals surface area (Å²) < 4.78 is 52.4. The third-order valence-electron chi connectivity index (χ3n) is 5.78. The quantitative estimate of drug-likeness (QED) is 0.581. The van der Waals surface area contributed by atoms with E-state index < -0.39 is 29.8 Å². The lowest BCUT2D eigenvalue weighted by Gasteiger charge is -2.35. The zero-order chi connectivity index (χ0) is 25.2. The number of hydrogen-bond donors (Lipinski definition) is 1. The van der Waals surface area contributed by atoms with Crippen LogP contribution in [-0.4, -0.2) is 37.2 Å². The average Bonchev–Trinajstić information content (AvgIpc) is 2.76. The molecule has 9 heteroatoms. The number of nitrogens with zero attached hydrogens (tertiary/aromatic N) is 1. The number of urea groups is 1. The van der Waals surface area contributed by atoms with E-state index in [9.17, 15) is 22.8 Å². The van der Waals surface area contributed by atoms with Crippen molar-refractivity contribution in [1.29, 1.82) is 0 Å². The minimum absolute atomic E-state index is 0.0119. The number of aryl methyl sites for hydroxylation is 2. The second kappa shape index (κ2) is 9.79. The number of ether oxygens (including phenoxy) is 2. The van der Waals surface area contributed by atoms with Gasteiger partial charge in [0, 0.05) is 7.05 Å². The Balaban J connectivity index is 2.15. The third kappa shape index (κ3) is 5.03. The zero-order valence-electron chi connectivity index (χ0n) is 19.7. The van der Waals surface area contributed by atoms with E-state index in [0.717, 1.165) is 27.7 Å². The van der Waals surface area contributed by atoms with Crippen molar-refractivity contribution < 1.29 is 32.2 Å². The molecule has 0 fully saturated rings. The molecule has 2 aromatic rings. The number of nitrogens with one attached hydrogen (secondary N) is 1. The van der Waals surface area contributed by atoms with Crippen LogP contribution in [-0.2, 0) is 15.7 Å². The van der Waals surface area contributed by atoms with Crippen LogP contribution < -0.4 is 10.1 Å². The molecule has 2 aromatic carbocycles. The van der Waals surface area contributed by atoms with Crippen LogP contribution in [0.25, 0.3) is 0 Å². The van der Waals surface area contributed by atoms with E-state index in [1.54, 1.807) is 6.92 Å². The van der Waals surface area contributed by atoms with Crippen LogP contribution in [0.1, 0.15) is 40.8 Å². The monoisotopic (exact) mass is 476 g/mol. The van der Waals surface area contributed by atoms with Crippen LogP contribution >= 0.6 is 0 Å². The highest BCUT2D eigenvalue weighted by Crippen LogP contribution is 2.39. The summed E-state index contributed by atoms with van der Waals surface area (Å²) in [7, 11) is 1.42. The predicted molar refractivity (Wildman–Crippen MR) is 120 cm³/mol. The molecule has 0 aliphatic carbocycles. The Morgan fingerprint density at radius 1 is 1.15 bits per heavy atom. The first kappa shape index (κ1) is 25.1. The van der Waals surface area contributed by atoms with Crippen molar-refractivity contribution in [3.05, 3.63) is 75.5 Å². The smallest absolute Gasteiger partial charge is 0.416 e. The second-order valence-corrected chi connectivity index (χ2v) is 8.10. The van der Waals surface area contributed by atoms with Gasteiger partial charge in [-0.1, -0.05) is 24.3 Å². The fourth-order valence-electron chi connectivity index (χ4n) is 3.92. The molecule has 1 atom stereocenters. The SMILES string of the molecule is CCOC(=O)C1=C(COc2cc(C)cc(C)c2C)N(C)C(=O)NC1c1ccccc1C(F)(F)F. The summed E-state index contributed by atoms with van der Waals surface area (Å²) in [5.74, 6) is -0.271. The van der Waals surface area contributed by atoms with Crippen molar-refractivity contribution >= 4 is 12.0 Å². The number of carbonyl (C=O) groups is 2. The molecule has 0 spiro atoms. The number of likely N-dealkylation sites (N-methyl/N-ethyl adjacent to an activating group) is 1. The van der Waals surface area contributed by atoms with Crippen molar-refractivity contribution in [2.45, 2.75) is 39.9 Å². The minimum Gasteiger partial charge on any atom is -0.487 e. The largest absolute Gasteiger partial charge is 0.487 e. The van der Waals surface area contributed by atoms with E-state index in [4.69, 9.17) is 9.47 Å². The normalized spacial score (nSPS) is 16.4.